The van der Waals surface area contributed by atoms with Crippen molar-refractivity contribution in [1.82, 2.24) is 10.2 Å². The van der Waals surface area contributed by atoms with Crippen LogP contribution in [0, 0.1) is 0 Å². The zero-order chi connectivity index (χ0) is 32.1. The number of nitrogens with one attached hydrogen (secondary N) is 1. The number of halogens is 3. The molecule has 5 atom stereocenters. The Balaban J connectivity index is 1.56. The Morgan fingerprint density at radius 2 is 1.36 bits per heavy atom. The van der Waals surface area contributed by atoms with Crippen LogP contribution in [0.5, 0.6) is 0 Å². The molecule has 3 aromatic rings. The molecule has 1 saturated heterocycles. The molecule has 236 valence electrons. The third-order valence-corrected chi connectivity index (χ3v) is 7.57. The number of rotatable bonds is 10. The van der Waals surface area contributed by atoms with E-state index in [1.54, 1.807) is 12.1 Å². The van der Waals surface area contributed by atoms with Crippen LogP contribution in [0.1, 0.15) is 38.8 Å². The Hall–Kier alpha value is -3.51. The van der Waals surface area contributed by atoms with E-state index in [1.165, 1.54) is 19.1 Å². The lowest BCUT2D eigenvalue weighted by Gasteiger charge is -2.47. The zero-order valence-corrected chi connectivity index (χ0v) is 26.2. The summed E-state index contributed by atoms with van der Waals surface area (Å²) in [7, 11) is 0. The van der Waals surface area contributed by atoms with Crippen molar-refractivity contribution in [1.29, 1.82) is 0 Å². The van der Waals surface area contributed by atoms with Gasteiger partial charge < -0.3 is 24.3 Å². The molecule has 0 saturated carbocycles. The lowest BCUT2D eigenvalue weighted by atomic mass is 9.90. The minimum Gasteiger partial charge on any atom is -0.457 e. The van der Waals surface area contributed by atoms with Gasteiger partial charge in [0, 0.05) is 6.92 Å². The monoisotopic (exact) mass is 674 g/mol. The predicted molar refractivity (Wildman–Crippen MR) is 164 cm³/mol. The fourth-order valence-corrected chi connectivity index (χ4v) is 5.69. The van der Waals surface area contributed by atoms with Crippen molar-refractivity contribution in [2.45, 2.75) is 54.5 Å². The number of imide groups is 1. The Labute approximate surface area is 274 Å². The van der Waals surface area contributed by atoms with E-state index in [1.807, 2.05) is 60.7 Å². The first-order chi connectivity index (χ1) is 21.5. The van der Waals surface area contributed by atoms with Crippen molar-refractivity contribution in [3.63, 3.8) is 0 Å². The predicted octanol–water partition coefficient (Wildman–Crippen LogP) is 4.60. The second-order valence-electron chi connectivity index (χ2n) is 10.4. The van der Waals surface area contributed by atoms with Crippen LogP contribution in [0.25, 0.3) is 0 Å². The Morgan fingerprint density at radius 3 is 1.89 bits per heavy atom. The van der Waals surface area contributed by atoms with E-state index in [0.29, 0.717) is 0 Å². The van der Waals surface area contributed by atoms with Crippen LogP contribution < -0.4 is 5.32 Å². The molecule has 2 aliphatic rings. The van der Waals surface area contributed by atoms with Crippen molar-refractivity contribution in [2.24, 2.45) is 0 Å². The van der Waals surface area contributed by atoms with Gasteiger partial charge in [0.25, 0.3) is 21.6 Å². The Morgan fingerprint density at radius 1 is 0.822 bits per heavy atom. The third kappa shape index (κ3) is 7.84. The molecule has 3 amide bonds. The molecule has 0 unspecified atom stereocenters. The normalized spacial score (nSPS) is 23.0. The second kappa shape index (κ2) is 14.3. The van der Waals surface area contributed by atoms with Gasteiger partial charge in [0.1, 0.15) is 18.2 Å². The molecule has 1 N–H and O–H groups in total. The topological polar surface area (TPSA) is 120 Å². The molecule has 2 heterocycles. The molecule has 2 aliphatic heterocycles. The molecule has 1 fully saturated rings. The highest BCUT2D eigenvalue weighted by molar-refractivity contribution is 6.67. The summed E-state index contributed by atoms with van der Waals surface area (Å²) in [5, 5.41) is 2.22. The number of benzene rings is 3. The molecule has 13 heteroatoms. The van der Waals surface area contributed by atoms with Crippen LogP contribution in [-0.4, -0.2) is 69.6 Å². The maximum atomic E-state index is 13.8. The average molecular weight is 676 g/mol. The molecule has 0 aromatic heterocycles. The van der Waals surface area contributed by atoms with Crippen LogP contribution in [0.15, 0.2) is 84.9 Å². The van der Waals surface area contributed by atoms with E-state index >= 15 is 0 Å². The van der Waals surface area contributed by atoms with Gasteiger partial charge in [-0.2, -0.15) is 0 Å². The fourth-order valence-electron chi connectivity index (χ4n) is 5.41. The van der Waals surface area contributed by atoms with E-state index < -0.39 is 58.1 Å². The number of hydrogen-bond donors (Lipinski definition) is 1. The first-order valence-electron chi connectivity index (χ1n) is 14.0. The second-order valence-corrected chi connectivity index (χ2v) is 12.7. The van der Waals surface area contributed by atoms with Gasteiger partial charge in [-0.05, 0) is 23.3 Å². The van der Waals surface area contributed by atoms with Crippen LogP contribution >= 0.6 is 34.8 Å². The van der Waals surface area contributed by atoms with Gasteiger partial charge in [-0.25, -0.2) is 0 Å². The lowest BCUT2D eigenvalue weighted by molar-refractivity contribution is -0.232. The first-order valence-corrected chi connectivity index (χ1v) is 15.1. The molecule has 0 spiro atoms. The van der Waals surface area contributed by atoms with Gasteiger partial charge in [-0.15, -0.1) is 0 Å². The smallest absolute Gasteiger partial charge is 0.303 e. The highest BCUT2D eigenvalue weighted by Gasteiger charge is 2.57. The largest absolute Gasteiger partial charge is 0.457 e. The molecule has 45 heavy (non-hydrogen) atoms. The molecular weight excluding hydrogens is 647 g/mol. The van der Waals surface area contributed by atoms with Crippen molar-refractivity contribution in [2.75, 3.05) is 6.61 Å². The van der Waals surface area contributed by atoms with E-state index in [2.05, 4.69) is 5.32 Å². The Kier molecular flexibility index (Phi) is 10.4. The zero-order valence-electron chi connectivity index (χ0n) is 23.9. The first kappa shape index (κ1) is 32.9. The van der Waals surface area contributed by atoms with Gasteiger partial charge in [0.05, 0.1) is 30.9 Å². The molecular formula is C32H29Cl3N2O8. The van der Waals surface area contributed by atoms with E-state index in [0.717, 1.165) is 16.0 Å². The number of ether oxygens (including phenoxy) is 4. The summed E-state index contributed by atoms with van der Waals surface area (Å²) < 4.78 is 22.0. The average Bonchev–Trinajstić information content (AvgIpc) is 3.26. The minimum atomic E-state index is -2.25. The molecule has 0 aliphatic carbocycles. The minimum absolute atomic E-state index is 0.0284. The van der Waals surface area contributed by atoms with Crippen LogP contribution in [0.3, 0.4) is 0 Å². The number of amides is 3. The summed E-state index contributed by atoms with van der Waals surface area (Å²) in [5.74, 6) is -3.01. The highest BCUT2D eigenvalue weighted by atomic mass is 35.6. The molecule has 0 radical (unpaired) electrons. The van der Waals surface area contributed by atoms with Gasteiger partial charge in [-0.1, -0.05) is 108 Å². The standard InChI is InChI=1S/C32H29Cl3N2O8/c1-19(38)44-26-24(18-42-16-20-10-4-2-5-11-20)45-28(29(39)36-32(33,34)35)25(27(26)43-17-21-12-6-3-7-13-21)37-30(40)22-14-8-9-15-23(22)31(37)41/h2-15,24-28H,16-18H2,1H3,(H,36,39)/t24-,25-,26-,27-,28-/m1/s1. The molecule has 10 nitrogen and oxygen atoms in total. The van der Waals surface area contributed by atoms with Crippen molar-refractivity contribution in [3.05, 3.63) is 107 Å². The maximum absolute atomic E-state index is 13.8. The fraction of sp³-hybridized carbons (Fsp3) is 0.312. The van der Waals surface area contributed by atoms with Crippen molar-refractivity contribution >= 4 is 58.5 Å². The van der Waals surface area contributed by atoms with Crippen molar-refractivity contribution < 1.29 is 38.1 Å². The van der Waals surface area contributed by atoms with E-state index in [-0.39, 0.29) is 30.9 Å². The number of nitrogens with zero attached hydrogens (tertiary/aromatic N) is 1. The number of fused-ring (bicyclic) bond motifs is 1. The van der Waals surface area contributed by atoms with Crippen LogP contribution in [0.4, 0.5) is 0 Å². The SMILES string of the molecule is CC(=O)O[C@H]1[C@H](OCc2ccccc2)[C@@H](N2C(=O)c3ccccc3C2=O)[C@H](C(=O)NC(Cl)(Cl)Cl)O[C@@H]1COCc1ccccc1. The summed E-state index contributed by atoms with van der Waals surface area (Å²) in [6.45, 7) is 1.19. The summed E-state index contributed by atoms with van der Waals surface area (Å²) in [6.07, 6.45) is -5.23. The number of carbonyl (C=O) groups excluding carboxylic acids is 4. The van der Waals surface area contributed by atoms with E-state index in [9.17, 15) is 19.2 Å². The number of hydrogen-bond acceptors (Lipinski definition) is 8. The number of esters is 1. The quantitative estimate of drug-likeness (QED) is 0.143. The van der Waals surface area contributed by atoms with E-state index in [4.69, 9.17) is 53.8 Å². The maximum Gasteiger partial charge on any atom is 0.303 e. The van der Waals surface area contributed by atoms with Crippen molar-refractivity contribution in [3.8, 4) is 0 Å². The summed E-state index contributed by atoms with van der Waals surface area (Å²) in [4.78, 5) is 54.6. The number of carbonyl (C=O) groups is 4. The van der Waals surface area contributed by atoms with Crippen LogP contribution in [0.2, 0.25) is 0 Å². The van der Waals surface area contributed by atoms with Crippen LogP contribution in [-0.2, 0) is 41.8 Å². The third-order valence-electron chi connectivity index (χ3n) is 7.29. The Bertz CT molecular complexity index is 1500. The van der Waals surface area contributed by atoms with Gasteiger partial charge >= 0.3 is 5.97 Å². The van der Waals surface area contributed by atoms with Gasteiger partial charge in [0.2, 0.25) is 0 Å². The highest BCUT2D eigenvalue weighted by Crippen LogP contribution is 2.36. The number of alkyl halides is 3. The molecule has 0 bridgehead atoms. The van der Waals surface area contributed by atoms with Gasteiger partial charge in [0.15, 0.2) is 12.2 Å². The van der Waals surface area contributed by atoms with Gasteiger partial charge in [-0.3, -0.25) is 24.1 Å². The molecule has 5 rings (SSSR count). The lowest BCUT2D eigenvalue weighted by Crippen LogP contribution is -2.69. The summed E-state index contributed by atoms with van der Waals surface area (Å²) in [6, 6.07) is 23.2. The molecule has 3 aromatic carbocycles. The summed E-state index contributed by atoms with van der Waals surface area (Å²) >= 11 is 17.8. The summed E-state index contributed by atoms with van der Waals surface area (Å²) in [5.41, 5.74) is 1.86.